The molecule has 0 aliphatic heterocycles. The number of pyridine rings is 1. The van der Waals surface area contributed by atoms with E-state index < -0.39 is 28.5 Å². The molecule has 0 spiro atoms. The van der Waals surface area contributed by atoms with Crippen molar-refractivity contribution in [2.24, 2.45) is 0 Å². The Labute approximate surface area is 234 Å². The minimum atomic E-state index is -1.12. The molecule has 1 unspecified atom stereocenters. The van der Waals surface area contributed by atoms with Crippen LogP contribution >= 0.6 is 11.6 Å². The van der Waals surface area contributed by atoms with Crippen LogP contribution in [0.25, 0.3) is 11.1 Å². The van der Waals surface area contributed by atoms with Crippen LogP contribution in [0.2, 0.25) is 5.02 Å². The Balaban J connectivity index is 1.64. The van der Waals surface area contributed by atoms with Gasteiger partial charge in [-0.15, -0.1) is 0 Å². The number of nitrogens with one attached hydrogen (secondary N) is 1. The molecule has 4 rings (SSSR count). The Hall–Kier alpha value is -4.96. The minimum Gasteiger partial charge on any atom is -0.465 e. The average molecular weight is 561 g/mol. The smallest absolute Gasteiger partial charge is 0.411 e. The van der Waals surface area contributed by atoms with Gasteiger partial charge in [0, 0.05) is 49.1 Å². The number of carbonyl (C=O) groups excluding carboxylic acids is 1. The van der Waals surface area contributed by atoms with Gasteiger partial charge in [0.25, 0.3) is 11.2 Å². The number of nitro benzene ring substituents is 1. The SMILES string of the molecule is CN(C(=O)O)c1cccc(CNC(=O)C(Cc2ccccc2)n2ccc(-c3cc(Cl)ccc3[N+](=O)[O-])cc2=O)c1. The molecule has 4 aromatic rings. The maximum atomic E-state index is 13.5. The first kappa shape index (κ1) is 28.1. The van der Waals surface area contributed by atoms with Crippen LogP contribution in [0.3, 0.4) is 0 Å². The number of rotatable bonds is 9. The van der Waals surface area contributed by atoms with Crippen LogP contribution in [0.1, 0.15) is 17.2 Å². The van der Waals surface area contributed by atoms with E-state index in [4.69, 9.17) is 11.6 Å². The van der Waals surface area contributed by atoms with Crippen LogP contribution in [-0.2, 0) is 17.8 Å². The molecule has 0 fully saturated rings. The Morgan fingerprint density at radius 2 is 1.75 bits per heavy atom. The van der Waals surface area contributed by atoms with Gasteiger partial charge in [-0.1, -0.05) is 54.1 Å². The van der Waals surface area contributed by atoms with Crippen molar-refractivity contribution in [3.8, 4) is 11.1 Å². The van der Waals surface area contributed by atoms with Crippen molar-refractivity contribution in [3.05, 3.63) is 128 Å². The zero-order valence-corrected chi connectivity index (χ0v) is 22.1. The number of hydrogen-bond acceptors (Lipinski definition) is 5. The number of carbonyl (C=O) groups is 2. The van der Waals surface area contributed by atoms with Crippen molar-refractivity contribution >= 4 is 35.0 Å². The largest absolute Gasteiger partial charge is 0.465 e. The van der Waals surface area contributed by atoms with E-state index in [1.165, 1.54) is 48.1 Å². The van der Waals surface area contributed by atoms with Crippen molar-refractivity contribution in [1.29, 1.82) is 0 Å². The lowest BCUT2D eigenvalue weighted by Crippen LogP contribution is -2.38. The summed E-state index contributed by atoms with van der Waals surface area (Å²) >= 11 is 6.06. The third kappa shape index (κ3) is 6.54. The standard InChI is InChI=1S/C29H25ClN4O6/c1-32(29(37)38)23-9-5-8-20(14-23)18-31-28(36)26(15-19-6-3-2-4-7-19)33-13-12-21(16-27(33)35)24-17-22(30)10-11-25(24)34(39)40/h2-14,16-17,26H,15,18H2,1H3,(H,31,36)(H,37,38). The predicted molar refractivity (Wildman–Crippen MR) is 152 cm³/mol. The highest BCUT2D eigenvalue weighted by atomic mass is 35.5. The van der Waals surface area contributed by atoms with E-state index in [0.717, 1.165) is 10.5 Å². The Morgan fingerprint density at radius 3 is 2.42 bits per heavy atom. The maximum Gasteiger partial charge on any atom is 0.411 e. The van der Waals surface area contributed by atoms with E-state index in [0.29, 0.717) is 16.8 Å². The van der Waals surface area contributed by atoms with Gasteiger partial charge >= 0.3 is 6.09 Å². The summed E-state index contributed by atoms with van der Waals surface area (Å²) in [7, 11) is 1.42. The molecule has 204 valence electrons. The Kier molecular flexibility index (Phi) is 8.60. The molecule has 1 atom stereocenters. The number of nitrogens with zero attached hydrogens (tertiary/aromatic N) is 3. The second-order valence-corrected chi connectivity index (χ2v) is 9.45. The predicted octanol–water partition coefficient (Wildman–Crippen LogP) is 5.29. The molecule has 1 aromatic heterocycles. The fourth-order valence-electron chi connectivity index (χ4n) is 4.26. The number of aromatic nitrogens is 1. The molecule has 0 aliphatic carbocycles. The zero-order chi connectivity index (χ0) is 28.8. The summed E-state index contributed by atoms with van der Waals surface area (Å²) in [6.07, 6.45) is 0.540. The normalized spacial score (nSPS) is 11.4. The van der Waals surface area contributed by atoms with E-state index >= 15 is 0 Å². The second-order valence-electron chi connectivity index (χ2n) is 9.01. The van der Waals surface area contributed by atoms with Crippen molar-refractivity contribution in [1.82, 2.24) is 9.88 Å². The highest BCUT2D eigenvalue weighted by Crippen LogP contribution is 2.32. The first-order chi connectivity index (χ1) is 19.1. The summed E-state index contributed by atoms with van der Waals surface area (Å²) < 4.78 is 1.29. The summed E-state index contributed by atoms with van der Waals surface area (Å²) in [6, 6.07) is 21.9. The second kappa shape index (κ2) is 12.3. The molecule has 3 aromatic carbocycles. The van der Waals surface area contributed by atoms with E-state index in [2.05, 4.69) is 5.32 Å². The highest BCUT2D eigenvalue weighted by molar-refractivity contribution is 6.31. The molecule has 1 heterocycles. The van der Waals surface area contributed by atoms with Gasteiger partial charge in [0.15, 0.2) is 0 Å². The van der Waals surface area contributed by atoms with Gasteiger partial charge < -0.3 is 15.0 Å². The molecular weight excluding hydrogens is 536 g/mol. The molecule has 0 saturated heterocycles. The molecule has 11 heteroatoms. The summed E-state index contributed by atoms with van der Waals surface area (Å²) in [6.45, 7) is 0.104. The topological polar surface area (TPSA) is 135 Å². The van der Waals surface area contributed by atoms with Gasteiger partial charge in [-0.3, -0.25) is 24.6 Å². The molecule has 2 N–H and O–H groups in total. The highest BCUT2D eigenvalue weighted by Gasteiger charge is 2.23. The zero-order valence-electron chi connectivity index (χ0n) is 21.4. The number of anilines is 1. The van der Waals surface area contributed by atoms with E-state index in [1.54, 1.807) is 24.3 Å². The molecule has 0 bridgehead atoms. The average Bonchev–Trinajstić information content (AvgIpc) is 2.94. The van der Waals surface area contributed by atoms with Crippen LogP contribution in [0.15, 0.2) is 95.9 Å². The first-order valence-electron chi connectivity index (χ1n) is 12.2. The first-order valence-corrected chi connectivity index (χ1v) is 12.6. The fraction of sp³-hybridized carbons (Fsp3) is 0.138. The van der Waals surface area contributed by atoms with Crippen molar-refractivity contribution in [2.45, 2.75) is 19.0 Å². The lowest BCUT2D eigenvalue weighted by atomic mass is 10.0. The lowest BCUT2D eigenvalue weighted by molar-refractivity contribution is -0.384. The number of nitro groups is 1. The molecule has 10 nitrogen and oxygen atoms in total. The van der Waals surface area contributed by atoms with Gasteiger partial charge in [0.1, 0.15) is 6.04 Å². The minimum absolute atomic E-state index is 0.104. The molecule has 0 radical (unpaired) electrons. The molecule has 2 amide bonds. The van der Waals surface area contributed by atoms with E-state index in [9.17, 15) is 29.6 Å². The number of carboxylic acid groups (broad SMARTS) is 1. The van der Waals surface area contributed by atoms with Gasteiger partial charge in [0.05, 0.1) is 10.5 Å². The van der Waals surface area contributed by atoms with Gasteiger partial charge in [-0.2, -0.15) is 0 Å². The van der Waals surface area contributed by atoms with Crippen molar-refractivity contribution < 1.29 is 19.6 Å². The molecule has 0 aliphatic rings. The third-order valence-corrected chi connectivity index (χ3v) is 6.61. The van der Waals surface area contributed by atoms with Gasteiger partial charge in [-0.25, -0.2) is 4.79 Å². The number of halogens is 1. The van der Waals surface area contributed by atoms with Crippen LogP contribution in [0.4, 0.5) is 16.2 Å². The van der Waals surface area contributed by atoms with Crippen LogP contribution in [0.5, 0.6) is 0 Å². The molecule has 0 saturated carbocycles. The Morgan fingerprint density at radius 1 is 1.02 bits per heavy atom. The van der Waals surface area contributed by atoms with Crippen LogP contribution in [0, 0.1) is 10.1 Å². The van der Waals surface area contributed by atoms with Crippen LogP contribution < -0.4 is 15.8 Å². The monoisotopic (exact) mass is 560 g/mol. The number of hydrogen-bond donors (Lipinski definition) is 2. The van der Waals surface area contributed by atoms with Gasteiger partial charge in [-0.05, 0) is 47.0 Å². The van der Waals surface area contributed by atoms with Crippen molar-refractivity contribution in [2.75, 3.05) is 11.9 Å². The summed E-state index contributed by atoms with van der Waals surface area (Å²) in [4.78, 5) is 50.1. The quantitative estimate of drug-likeness (QED) is 0.211. The number of amides is 2. The maximum absolute atomic E-state index is 13.5. The third-order valence-electron chi connectivity index (χ3n) is 6.38. The van der Waals surface area contributed by atoms with E-state index in [-0.39, 0.29) is 29.2 Å². The van der Waals surface area contributed by atoms with E-state index in [1.807, 2.05) is 30.3 Å². The Bertz CT molecular complexity index is 1620. The summed E-state index contributed by atoms with van der Waals surface area (Å²) in [5, 5.41) is 23.9. The number of benzene rings is 3. The van der Waals surface area contributed by atoms with Crippen molar-refractivity contribution in [3.63, 3.8) is 0 Å². The molecular formula is C29H25ClN4O6. The summed E-state index contributed by atoms with van der Waals surface area (Å²) in [5.41, 5.74) is 1.72. The fourth-order valence-corrected chi connectivity index (χ4v) is 4.43. The van der Waals surface area contributed by atoms with Crippen LogP contribution in [-0.4, -0.2) is 33.6 Å². The van der Waals surface area contributed by atoms with Gasteiger partial charge in [0.2, 0.25) is 5.91 Å². The molecule has 40 heavy (non-hydrogen) atoms. The summed E-state index contributed by atoms with van der Waals surface area (Å²) in [5.74, 6) is -0.426. The lowest BCUT2D eigenvalue weighted by Gasteiger charge is -2.20.